The van der Waals surface area contributed by atoms with E-state index < -0.39 is 15.9 Å². The molecule has 1 N–H and O–H groups in total. The van der Waals surface area contributed by atoms with Gasteiger partial charge in [-0.2, -0.15) is 9.41 Å². The van der Waals surface area contributed by atoms with Crippen molar-refractivity contribution in [3.63, 3.8) is 0 Å². The monoisotopic (exact) mass is 586 g/mol. The van der Waals surface area contributed by atoms with Crippen LogP contribution in [0, 0.1) is 0 Å². The fourth-order valence-electron chi connectivity index (χ4n) is 4.32. The Kier molecular flexibility index (Phi) is 8.80. The molecule has 5 rings (SSSR count). The number of benzene rings is 3. The minimum atomic E-state index is -3.86. The van der Waals surface area contributed by atoms with E-state index in [9.17, 15) is 13.2 Å². The van der Waals surface area contributed by atoms with Crippen LogP contribution in [0.3, 0.4) is 0 Å². The number of pyridine rings is 1. The SMILES string of the molecule is COc1ccc(S(=O)(=O)N(Cc2ccc(C(=O)N/N=C(/C)c3ccc4c(c3)OCCO4)cc2)Cc2cccnc2)cc1. The molecule has 0 aliphatic carbocycles. The van der Waals surface area contributed by atoms with Gasteiger partial charge in [-0.25, -0.2) is 13.8 Å². The topological polar surface area (TPSA) is 119 Å². The Morgan fingerprint density at radius 2 is 1.62 bits per heavy atom. The summed E-state index contributed by atoms with van der Waals surface area (Å²) in [5.41, 5.74) is 5.82. The van der Waals surface area contributed by atoms with Gasteiger partial charge in [0.05, 0.1) is 17.7 Å². The number of fused-ring (bicyclic) bond motifs is 1. The Morgan fingerprint density at radius 3 is 2.31 bits per heavy atom. The zero-order chi connectivity index (χ0) is 29.5. The molecule has 11 heteroatoms. The molecule has 10 nitrogen and oxygen atoms in total. The molecule has 0 unspecified atom stereocenters. The van der Waals surface area contributed by atoms with Crippen molar-refractivity contribution in [2.45, 2.75) is 24.9 Å². The van der Waals surface area contributed by atoms with Crippen molar-refractivity contribution in [1.29, 1.82) is 0 Å². The number of aromatic nitrogens is 1. The average molecular weight is 587 g/mol. The first-order chi connectivity index (χ1) is 20.3. The summed E-state index contributed by atoms with van der Waals surface area (Å²) in [6.07, 6.45) is 3.27. The van der Waals surface area contributed by atoms with Gasteiger partial charge in [0.2, 0.25) is 10.0 Å². The molecule has 0 saturated carbocycles. The van der Waals surface area contributed by atoms with E-state index in [4.69, 9.17) is 14.2 Å². The minimum absolute atomic E-state index is 0.0898. The third-order valence-corrected chi connectivity index (χ3v) is 8.45. The van der Waals surface area contributed by atoms with Gasteiger partial charge in [0.1, 0.15) is 19.0 Å². The second-order valence-corrected chi connectivity index (χ2v) is 11.4. The molecule has 0 spiro atoms. The van der Waals surface area contributed by atoms with E-state index in [0.29, 0.717) is 47.3 Å². The van der Waals surface area contributed by atoms with E-state index in [-0.39, 0.29) is 18.0 Å². The lowest BCUT2D eigenvalue weighted by atomic mass is 10.1. The van der Waals surface area contributed by atoms with Crippen LogP contribution < -0.4 is 19.6 Å². The molecule has 1 aromatic heterocycles. The molecule has 4 aromatic rings. The number of nitrogens with zero attached hydrogens (tertiary/aromatic N) is 3. The maximum atomic E-state index is 13.6. The van der Waals surface area contributed by atoms with Gasteiger partial charge in [-0.05, 0) is 78.7 Å². The number of hydrogen-bond donors (Lipinski definition) is 1. The molecule has 1 amide bonds. The number of amides is 1. The molecular weight excluding hydrogens is 556 g/mol. The van der Waals surface area contributed by atoms with Crippen molar-refractivity contribution < 1.29 is 27.4 Å². The van der Waals surface area contributed by atoms with Crippen LogP contribution in [0.4, 0.5) is 0 Å². The smallest absolute Gasteiger partial charge is 0.271 e. The highest BCUT2D eigenvalue weighted by atomic mass is 32.2. The highest BCUT2D eigenvalue weighted by Crippen LogP contribution is 2.31. The van der Waals surface area contributed by atoms with Gasteiger partial charge in [0.25, 0.3) is 5.91 Å². The highest BCUT2D eigenvalue weighted by Gasteiger charge is 2.25. The Balaban J connectivity index is 1.29. The molecular formula is C31H30N4O6S. The number of carbonyl (C=O) groups excluding carboxylic acids is 1. The van der Waals surface area contributed by atoms with Crippen LogP contribution in [0.15, 0.2) is 101 Å². The molecule has 0 saturated heterocycles. The summed E-state index contributed by atoms with van der Waals surface area (Å²) < 4.78 is 45.0. The van der Waals surface area contributed by atoms with Gasteiger partial charge >= 0.3 is 0 Å². The molecule has 1 aliphatic heterocycles. The van der Waals surface area contributed by atoms with Crippen molar-refractivity contribution in [2.75, 3.05) is 20.3 Å². The Morgan fingerprint density at radius 1 is 0.929 bits per heavy atom. The van der Waals surface area contributed by atoms with E-state index in [1.54, 1.807) is 61.8 Å². The maximum Gasteiger partial charge on any atom is 0.271 e. The first-order valence-corrected chi connectivity index (χ1v) is 14.6. The molecule has 216 valence electrons. The molecule has 42 heavy (non-hydrogen) atoms. The zero-order valence-electron chi connectivity index (χ0n) is 23.2. The Bertz CT molecular complexity index is 1680. The lowest BCUT2D eigenvalue weighted by molar-refractivity contribution is 0.0954. The van der Waals surface area contributed by atoms with Crippen LogP contribution >= 0.6 is 0 Å². The Hall–Kier alpha value is -4.74. The summed E-state index contributed by atoms with van der Waals surface area (Å²) in [6, 6.07) is 22.1. The van der Waals surface area contributed by atoms with Crippen molar-refractivity contribution >= 4 is 21.6 Å². The van der Waals surface area contributed by atoms with Crippen molar-refractivity contribution in [3.8, 4) is 17.2 Å². The lowest BCUT2D eigenvalue weighted by Gasteiger charge is -2.22. The summed E-state index contributed by atoms with van der Waals surface area (Å²) in [6.45, 7) is 2.99. The molecule has 0 fully saturated rings. The summed E-state index contributed by atoms with van der Waals surface area (Å²) in [4.78, 5) is 17.1. The van der Waals surface area contributed by atoms with Crippen molar-refractivity contribution in [3.05, 3.63) is 114 Å². The second kappa shape index (κ2) is 12.8. The zero-order valence-corrected chi connectivity index (χ0v) is 24.0. The number of hydrogen-bond acceptors (Lipinski definition) is 8. The number of rotatable bonds is 10. The standard InChI is InChI=1S/C31H30N4O6S/c1-22(26-9-14-29-30(18-26)41-17-16-40-29)33-34-31(36)25-7-5-23(6-8-25)20-35(21-24-4-3-15-32-19-24)42(37,38)28-12-10-27(39-2)11-13-28/h3-15,18-19H,16-17,20-21H2,1-2H3,(H,34,36)/b33-22-. The van der Waals surface area contributed by atoms with Gasteiger partial charge in [-0.15, -0.1) is 0 Å². The van der Waals surface area contributed by atoms with Crippen LogP contribution in [-0.4, -0.2) is 49.6 Å². The fraction of sp³-hybridized carbons (Fsp3) is 0.194. The molecule has 0 radical (unpaired) electrons. The molecule has 2 heterocycles. The molecule has 0 bridgehead atoms. The molecule has 1 aliphatic rings. The first-order valence-electron chi connectivity index (χ1n) is 13.2. The van der Waals surface area contributed by atoms with Crippen LogP contribution in [-0.2, 0) is 23.1 Å². The number of sulfonamides is 1. The predicted molar refractivity (Wildman–Crippen MR) is 157 cm³/mol. The average Bonchev–Trinajstić information content (AvgIpc) is 3.03. The normalized spacial score (nSPS) is 13.1. The largest absolute Gasteiger partial charge is 0.497 e. The van der Waals surface area contributed by atoms with Crippen LogP contribution in [0.2, 0.25) is 0 Å². The number of nitrogens with one attached hydrogen (secondary N) is 1. The van der Waals surface area contributed by atoms with Gasteiger partial charge in [0.15, 0.2) is 11.5 Å². The summed E-state index contributed by atoms with van der Waals surface area (Å²) in [7, 11) is -2.34. The fourth-order valence-corrected chi connectivity index (χ4v) is 5.73. The summed E-state index contributed by atoms with van der Waals surface area (Å²) >= 11 is 0. The van der Waals surface area contributed by atoms with Crippen LogP contribution in [0.1, 0.15) is 34.0 Å². The number of carbonyl (C=O) groups is 1. The van der Waals surface area contributed by atoms with E-state index >= 15 is 0 Å². The Labute approximate surface area is 244 Å². The van der Waals surface area contributed by atoms with E-state index in [0.717, 1.165) is 11.1 Å². The number of hydrazone groups is 1. The lowest BCUT2D eigenvalue weighted by Crippen LogP contribution is -2.30. The first kappa shape index (κ1) is 28.8. The number of ether oxygens (including phenoxy) is 3. The van der Waals surface area contributed by atoms with Crippen LogP contribution in [0.5, 0.6) is 17.2 Å². The van der Waals surface area contributed by atoms with E-state index in [1.807, 2.05) is 24.3 Å². The molecule has 3 aromatic carbocycles. The third-order valence-electron chi connectivity index (χ3n) is 6.64. The second-order valence-electron chi connectivity index (χ2n) is 9.50. The third kappa shape index (κ3) is 6.76. The summed E-state index contributed by atoms with van der Waals surface area (Å²) in [5, 5.41) is 4.23. The van der Waals surface area contributed by atoms with Gasteiger partial charge in [-0.1, -0.05) is 18.2 Å². The quantitative estimate of drug-likeness (QED) is 0.216. The van der Waals surface area contributed by atoms with Crippen molar-refractivity contribution in [1.82, 2.24) is 14.7 Å². The highest BCUT2D eigenvalue weighted by molar-refractivity contribution is 7.89. The molecule has 0 atom stereocenters. The van der Waals surface area contributed by atoms with E-state index in [1.165, 1.54) is 23.5 Å². The summed E-state index contributed by atoms with van der Waals surface area (Å²) in [5.74, 6) is 1.49. The van der Waals surface area contributed by atoms with Crippen molar-refractivity contribution in [2.24, 2.45) is 5.10 Å². The maximum absolute atomic E-state index is 13.6. The van der Waals surface area contributed by atoms with Gasteiger partial charge in [0, 0.05) is 36.6 Å². The van der Waals surface area contributed by atoms with Gasteiger partial charge in [-0.3, -0.25) is 9.78 Å². The minimum Gasteiger partial charge on any atom is -0.497 e. The number of methoxy groups -OCH3 is 1. The predicted octanol–water partition coefficient (Wildman–Crippen LogP) is 4.41. The van der Waals surface area contributed by atoms with Crippen LogP contribution in [0.25, 0.3) is 0 Å². The van der Waals surface area contributed by atoms with Gasteiger partial charge < -0.3 is 14.2 Å². The van der Waals surface area contributed by atoms with E-state index in [2.05, 4.69) is 15.5 Å².